The molecule has 0 bridgehead atoms. The number of thiocarbonyl (C=S) groups is 1. The molecule has 0 aliphatic heterocycles. The molecule has 3 nitrogen and oxygen atoms in total. The Bertz CT molecular complexity index is 565. The summed E-state index contributed by atoms with van der Waals surface area (Å²) in [5, 5.41) is 13.2. The highest BCUT2D eigenvalue weighted by Gasteiger charge is 2.20. The molecule has 0 aromatic heterocycles. The summed E-state index contributed by atoms with van der Waals surface area (Å²) in [5.41, 5.74) is 2.36. The van der Waals surface area contributed by atoms with E-state index < -0.39 is 0 Å². The molecule has 0 radical (unpaired) electrons. The molecule has 0 saturated heterocycles. The third-order valence-corrected chi connectivity index (χ3v) is 4.10. The van der Waals surface area contributed by atoms with Gasteiger partial charge >= 0.3 is 0 Å². The van der Waals surface area contributed by atoms with Gasteiger partial charge in [-0.2, -0.15) is 0 Å². The van der Waals surface area contributed by atoms with Crippen LogP contribution in [0.25, 0.3) is 0 Å². The zero-order valence-corrected chi connectivity index (χ0v) is 15.2. The number of halogens is 1. The fourth-order valence-electron chi connectivity index (χ4n) is 2.08. The van der Waals surface area contributed by atoms with Crippen molar-refractivity contribution >= 4 is 34.6 Å². The van der Waals surface area contributed by atoms with Crippen molar-refractivity contribution in [2.75, 3.05) is 5.88 Å². The molecule has 1 aromatic rings. The molecule has 2 N–H and O–H groups in total. The van der Waals surface area contributed by atoms with Crippen LogP contribution in [0.5, 0.6) is 5.75 Å². The molecule has 0 spiro atoms. The van der Waals surface area contributed by atoms with E-state index in [4.69, 9.17) is 23.8 Å². The average Bonchev–Trinajstić information content (AvgIpc) is 2.44. The molecule has 0 atom stereocenters. The summed E-state index contributed by atoms with van der Waals surface area (Å²) in [4.78, 5) is 12.1. The lowest BCUT2D eigenvalue weighted by Crippen LogP contribution is -2.24. The normalized spacial score (nSPS) is 11.3. The van der Waals surface area contributed by atoms with Crippen LogP contribution in [0.4, 0.5) is 0 Å². The molecule has 0 heterocycles. The van der Waals surface area contributed by atoms with E-state index in [1.165, 1.54) is 0 Å². The molecule has 122 valence electrons. The minimum Gasteiger partial charge on any atom is -0.507 e. The second-order valence-electron chi connectivity index (χ2n) is 6.37. The van der Waals surface area contributed by atoms with Crippen LogP contribution in [0.2, 0.25) is 0 Å². The van der Waals surface area contributed by atoms with Crippen LogP contribution in [0, 0.1) is 0 Å². The Morgan fingerprint density at radius 1 is 1.36 bits per heavy atom. The van der Waals surface area contributed by atoms with E-state index in [1.807, 2.05) is 12.1 Å². The van der Waals surface area contributed by atoms with Crippen molar-refractivity contribution in [2.45, 2.75) is 52.5 Å². The fraction of sp³-hybridized carbons (Fsp3) is 0.529. The number of hydrogen-bond donors (Lipinski definition) is 2. The predicted molar refractivity (Wildman–Crippen MR) is 96.0 cm³/mol. The Morgan fingerprint density at radius 2 is 2.00 bits per heavy atom. The lowest BCUT2D eigenvalue weighted by molar-refractivity contribution is -0.118. The number of nitrogens with one attached hydrogen (secondary N) is 1. The molecule has 0 unspecified atom stereocenters. The molecule has 1 amide bonds. The van der Waals surface area contributed by atoms with Crippen LogP contribution in [0.3, 0.4) is 0 Å². The number of phenols is 1. The summed E-state index contributed by atoms with van der Waals surface area (Å²) >= 11 is 10.9. The van der Waals surface area contributed by atoms with E-state index in [-0.39, 0.29) is 29.5 Å². The summed E-state index contributed by atoms with van der Waals surface area (Å²) in [6.45, 7) is 8.61. The lowest BCUT2D eigenvalue weighted by atomic mass is 9.84. The topological polar surface area (TPSA) is 49.3 Å². The molecular weight excluding hydrogens is 318 g/mol. The minimum atomic E-state index is -0.264. The molecule has 5 heteroatoms. The van der Waals surface area contributed by atoms with E-state index in [0.29, 0.717) is 11.1 Å². The Morgan fingerprint density at radius 3 is 2.50 bits per heavy atom. The summed E-state index contributed by atoms with van der Waals surface area (Å²) in [6, 6.07) is 3.88. The standard InChI is InChI=1S/C17H24ClNO2S/c1-5-6-14(22)13-8-12(17(2,3)4)7-11(16(13)21)10-19-15(20)9-18/h7-8,21H,5-6,9-10H2,1-4H3,(H,19,20). The number of amides is 1. The van der Waals surface area contributed by atoms with Gasteiger partial charge in [-0.05, 0) is 29.5 Å². The van der Waals surface area contributed by atoms with Gasteiger partial charge < -0.3 is 10.4 Å². The van der Waals surface area contributed by atoms with Crippen LogP contribution in [0.1, 0.15) is 57.2 Å². The Balaban J connectivity index is 3.26. The number of alkyl halides is 1. The summed E-state index contributed by atoms with van der Waals surface area (Å²) < 4.78 is 0. The fourth-order valence-corrected chi connectivity index (χ4v) is 2.53. The molecule has 0 aliphatic rings. The van der Waals surface area contributed by atoms with Crippen molar-refractivity contribution in [3.63, 3.8) is 0 Å². The quantitative estimate of drug-likeness (QED) is 0.466. The van der Waals surface area contributed by atoms with Crippen molar-refractivity contribution in [3.05, 3.63) is 28.8 Å². The van der Waals surface area contributed by atoms with Crippen LogP contribution < -0.4 is 5.32 Å². The molecule has 22 heavy (non-hydrogen) atoms. The zero-order valence-electron chi connectivity index (χ0n) is 13.6. The molecule has 0 saturated carbocycles. The van der Waals surface area contributed by atoms with Gasteiger partial charge in [0.25, 0.3) is 0 Å². The number of carbonyl (C=O) groups is 1. The largest absolute Gasteiger partial charge is 0.507 e. The highest BCUT2D eigenvalue weighted by Crippen LogP contribution is 2.32. The highest BCUT2D eigenvalue weighted by atomic mass is 35.5. The van der Waals surface area contributed by atoms with Gasteiger partial charge in [0.2, 0.25) is 5.91 Å². The number of rotatable bonds is 6. The van der Waals surface area contributed by atoms with Gasteiger partial charge in [-0.25, -0.2) is 0 Å². The van der Waals surface area contributed by atoms with Crippen molar-refractivity contribution in [1.82, 2.24) is 5.32 Å². The van der Waals surface area contributed by atoms with E-state index in [1.54, 1.807) is 0 Å². The smallest absolute Gasteiger partial charge is 0.235 e. The Kier molecular flexibility index (Phi) is 6.82. The van der Waals surface area contributed by atoms with Gasteiger partial charge in [0, 0.05) is 22.5 Å². The first-order chi connectivity index (χ1) is 10.2. The Hall–Kier alpha value is -1.13. The zero-order chi connectivity index (χ0) is 16.9. The van der Waals surface area contributed by atoms with E-state index >= 15 is 0 Å². The predicted octanol–water partition coefficient (Wildman–Crippen LogP) is 4.06. The molecule has 0 fully saturated rings. The second-order valence-corrected chi connectivity index (χ2v) is 7.13. The van der Waals surface area contributed by atoms with Gasteiger partial charge in [0.15, 0.2) is 0 Å². The number of aromatic hydroxyl groups is 1. The lowest BCUT2D eigenvalue weighted by Gasteiger charge is -2.23. The van der Waals surface area contributed by atoms with E-state index in [9.17, 15) is 9.90 Å². The van der Waals surface area contributed by atoms with Crippen molar-refractivity contribution in [3.8, 4) is 5.75 Å². The first-order valence-electron chi connectivity index (χ1n) is 7.43. The summed E-state index contributed by atoms with van der Waals surface area (Å²) in [7, 11) is 0. The third-order valence-electron chi connectivity index (χ3n) is 3.43. The van der Waals surface area contributed by atoms with E-state index in [0.717, 1.165) is 23.3 Å². The van der Waals surface area contributed by atoms with Gasteiger partial charge in [-0.15, -0.1) is 11.6 Å². The Labute approximate surface area is 143 Å². The van der Waals surface area contributed by atoms with Crippen molar-refractivity contribution in [2.24, 2.45) is 0 Å². The minimum absolute atomic E-state index is 0.0739. The molecule has 1 rings (SSSR count). The van der Waals surface area contributed by atoms with Crippen molar-refractivity contribution < 1.29 is 9.90 Å². The maximum absolute atomic E-state index is 11.3. The number of phenolic OH excluding ortho intramolecular Hbond substituents is 1. The van der Waals surface area contributed by atoms with Gasteiger partial charge in [-0.3, -0.25) is 4.79 Å². The summed E-state index contributed by atoms with van der Waals surface area (Å²) in [6.07, 6.45) is 1.68. The third kappa shape index (κ3) is 4.96. The average molecular weight is 342 g/mol. The summed E-state index contributed by atoms with van der Waals surface area (Å²) in [5.74, 6) is -0.206. The second kappa shape index (κ2) is 7.93. The maximum atomic E-state index is 11.3. The van der Waals surface area contributed by atoms with Crippen LogP contribution in [-0.2, 0) is 16.8 Å². The van der Waals surface area contributed by atoms with Gasteiger partial charge in [-0.1, -0.05) is 46.3 Å². The maximum Gasteiger partial charge on any atom is 0.235 e. The van der Waals surface area contributed by atoms with Crippen LogP contribution >= 0.6 is 23.8 Å². The van der Waals surface area contributed by atoms with E-state index in [2.05, 4.69) is 33.0 Å². The van der Waals surface area contributed by atoms with Crippen molar-refractivity contribution in [1.29, 1.82) is 0 Å². The number of benzene rings is 1. The highest BCUT2D eigenvalue weighted by molar-refractivity contribution is 7.80. The number of carbonyl (C=O) groups excluding carboxylic acids is 1. The SMILES string of the molecule is CCCC(=S)c1cc(C(C)(C)C)cc(CNC(=O)CCl)c1O. The first kappa shape index (κ1) is 18.9. The van der Waals surface area contributed by atoms with Gasteiger partial charge in [0.1, 0.15) is 11.6 Å². The number of hydrogen-bond acceptors (Lipinski definition) is 3. The molecule has 1 aromatic carbocycles. The molecule has 0 aliphatic carbocycles. The van der Waals surface area contributed by atoms with Gasteiger partial charge in [0.05, 0.1) is 0 Å². The van der Waals surface area contributed by atoms with Crippen LogP contribution in [-0.4, -0.2) is 21.8 Å². The monoisotopic (exact) mass is 341 g/mol. The molecular formula is C17H24ClNO2S. The first-order valence-corrected chi connectivity index (χ1v) is 8.37. The van der Waals surface area contributed by atoms with Crippen LogP contribution in [0.15, 0.2) is 12.1 Å².